The molecule has 1 aromatic rings. The zero-order valence-electron chi connectivity index (χ0n) is 7.42. The van der Waals surface area contributed by atoms with Crippen molar-refractivity contribution in [3.8, 4) is 0 Å². The molecule has 0 radical (unpaired) electrons. The fourth-order valence-corrected chi connectivity index (χ4v) is 1.18. The lowest BCUT2D eigenvalue weighted by Gasteiger charge is -2.05. The fourth-order valence-electron chi connectivity index (χ4n) is 1.18. The number of hydrogen-bond acceptors (Lipinski definition) is 2. The van der Waals surface area contributed by atoms with Gasteiger partial charge in [0, 0.05) is 13.5 Å². The van der Waals surface area contributed by atoms with Gasteiger partial charge < -0.3 is 4.57 Å². The molecule has 0 aromatic carbocycles. The van der Waals surface area contributed by atoms with Crippen molar-refractivity contribution in [2.24, 2.45) is 0 Å². The van der Waals surface area contributed by atoms with Crippen molar-refractivity contribution in [1.82, 2.24) is 9.55 Å². The lowest BCUT2D eigenvalue weighted by molar-refractivity contribution is 0.100. The summed E-state index contributed by atoms with van der Waals surface area (Å²) in [6.45, 7) is 3.35. The average Bonchev–Trinajstić information content (AvgIpc) is 2.46. The number of Topliss-reactive ketones (excluding diaryl/α,β-unsaturated/α-hetero) is 1. The first-order chi connectivity index (χ1) is 6.07. The highest BCUT2D eigenvalue weighted by Crippen LogP contribution is 2.18. The predicted octanol–water partition coefficient (Wildman–Crippen LogP) is 2.04. The van der Waals surface area contributed by atoms with E-state index in [0.29, 0.717) is 6.54 Å². The number of aromatic nitrogens is 2. The standard InChI is InChI=1S/C8H10F2N2O/c1-3-12-6(5(2)13)4-11-8(12)7(9)10/h4,7H,3H2,1-2H3. The van der Waals surface area contributed by atoms with Crippen LogP contribution in [0.5, 0.6) is 0 Å². The van der Waals surface area contributed by atoms with E-state index in [0.717, 1.165) is 0 Å². The van der Waals surface area contributed by atoms with E-state index in [1.54, 1.807) is 6.92 Å². The van der Waals surface area contributed by atoms with E-state index >= 15 is 0 Å². The molecule has 0 aliphatic rings. The van der Waals surface area contributed by atoms with Crippen LogP contribution in [-0.2, 0) is 6.54 Å². The van der Waals surface area contributed by atoms with E-state index in [1.165, 1.54) is 17.7 Å². The molecule has 5 heteroatoms. The summed E-state index contributed by atoms with van der Waals surface area (Å²) in [6, 6.07) is 0. The second-order valence-corrected chi connectivity index (χ2v) is 2.60. The summed E-state index contributed by atoms with van der Waals surface area (Å²) >= 11 is 0. The maximum atomic E-state index is 12.3. The Labute approximate surface area is 74.4 Å². The third-order valence-corrected chi connectivity index (χ3v) is 1.76. The molecule has 0 fully saturated rings. The number of carbonyl (C=O) groups is 1. The number of rotatable bonds is 3. The first kappa shape index (κ1) is 9.83. The van der Waals surface area contributed by atoms with Gasteiger partial charge in [-0.05, 0) is 6.92 Å². The van der Waals surface area contributed by atoms with Gasteiger partial charge in [0.1, 0.15) is 5.69 Å². The highest BCUT2D eigenvalue weighted by atomic mass is 19.3. The Bertz CT molecular complexity index is 320. The van der Waals surface area contributed by atoms with Crippen molar-refractivity contribution in [3.05, 3.63) is 17.7 Å². The molecule has 3 nitrogen and oxygen atoms in total. The van der Waals surface area contributed by atoms with E-state index in [2.05, 4.69) is 4.98 Å². The van der Waals surface area contributed by atoms with E-state index in [9.17, 15) is 13.6 Å². The SMILES string of the molecule is CCn1c(C(C)=O)cnc1C(F)F. The van der Waals surface area contributed by atoms with Gasteiger partial charge in [0.25, 0.3) is 6.43 Å². The molecule has 0 unspecified atom stereocenters. The topological polar surface area (TPSA) is 34.9 Å². The minimum absolute atomic E-state index is 0.234. The zero-order chi connectivity index (χ0) is 10.0. The van der Waals surface area contributed by atoms with Gasteiger partial charge in [0.2, 0.25) is 0 Å². The van der Waals surface area contributed by atoms with Gasteiger partial charge in [-0.1, -0.05) is 0 Å². The predicted molar refractivity (Wildman–Crippen MR) is 42.9 cm³/mol. The maximum Gasteiger partial charge on any atom is 0.295 e. The lowest BCUT2D eigenvalue weighted by atomic mass is 10.3. The molecule has 0 saturated heterocycles. The van der Waals surface area contributed by atoms with Crippen molar-refractivity contribution in [1.29, 1.82) is 0 Å². The van der Waals surface area contributed by atoms with E-state index in [1.807, 2.05) is 0 Å². The summed E-state index contributed by atoms with van der Waals surface area (Å²) in [5.74, 6) is -0.589. The smallest absolute Gasteiger partial charge is 0.295 e. The maximum absolute atomic E-state index is 12.3. The highest BCUT2D eigenvalue weighted by molar-refractivity contribution is 5.92. The van der Waals surface area contributed by atoms with Crippen molar-refractivity contribution in [2.45, 2.75) is 26.8 Å². The molecule has 0 N–H and O–H groups in total. The summed E-state index contributed by atoms with van der Waals surface area (Å²) < 4.78 is 25.8. The van der Waals surface area contributed by atoms with Crippen LogP contribution in [0.1, 0.15) is 36.6 Å². The van der Waals surface area contributed by atoms with Crippen LogP contribution in [0.15, 0.2) is 6.20 Å². The summed E-state index contributed by atoms with van der Waals surface area (Å²) in [4.78, 5) is 14.5. The van der Waals surface area contributed by atoms with Crippen molar-refractivity contribution >= 4 is 5.78 Å². The Balaban J connectivity index is 3.18. The van der Waals surface area contributed by atoms with Crippen LogP contribution in [0.3, 0.4) is 0 Å². The Morgan fingerprint density at radius 2 is 2.31 bits per heavy atom. The molecule has 1 heterocycles. The largest absolute Gasteiger partial charge is 0.321 e. The molecule has 0 aliphatic carbocycles. The van der Waals surface area contributed by atoms with Gasteiger partial charge in [-0.3, -0.25) is 4.79 Å². The molecule has 0 bridgehead atoms. The quantitative estimate of drug-likeness (QED) is 0.680. The third kappa shape index (κ3) is 1.74. The Morgan fingerprint density at radius 1 is 1.69 bits per heavy atom. The number of nitrogens with zero attached hydrogens (tertiary/aromatic N) is 2. The molecule has 0 atom stereocenters. The second-order valence-electron chi connectivity index (χ2n) is 2.60. The number of alkyl halides is 2. The normalized spacial score (nSPS) is 10.8. The number of halogens is 2. The van der Waals surface area contributed by atoms with Gasteiger partial charge in [0.15, 0.2) is 11.6 Å². The molecular formula is C8H10F2N2O. The lowest BCUT2D eigenvalue weighted by Crippen LogP contribution is -2.08. The van der Waals surface area contributed by atoms with Crippen LogP contribution in [0.2, 0.25) is 0 Å². The number of hydrogen-bond donors (Lipinski definition) is 0. The third-order valence-electron chi connectivity index (χ3n) is 1.76. The van der Waals surface area contributed by atoms with Gasteiger partial charge in [-0.2, -0.15) is 0 Å². The summed E-state index contributed by atoms with van der Waals surface area (Å²) in [5, 5.41) is 0. The molecule has 0 spiro atoms. The van der Waals surface area contributed by atoms with Crippen LogP contribution in [0, 0.1) is 0 Å². The van der Waals surface area contributed by atoms with Crippen LogP contribution in [0.25, 0.3) is 0 Å². The molecule has 1 aromatic heterocycles. The molecule has 0 saturated carbocycles. The summed E-state index contributed by atoms with van der Waals surface area (Å²) in [7, 11) is 0. The first-order valence-corrected chi connectivity index (χ1v) is 3.92. The monoisotopic (exact) mass is 188 g/mol. The molecular weight excluding hydrogens is 178 g/mol. The number of imidazole rings is 1. The van der Waals surface area contributed by atoms with Crippen molar-refractivity contribution in [3.63, 3.8) is 0 Å². The van der Waals surface area contributed by atoms with Gasteiger partial charge >= 0.3 is 0 Å². The minimum atomic E-state index is -2.63. The molecule has 0 aliphatic heterocycles. The van der Waals surface area contributed by atoms with Gasteiger partial charge in [0.05, 0.1) is 6.20 Å². The van der Waals surface area contributed by atoms with E-state index in [4.69, 9.17) is 0 Å². The second kappa shape index (κ2) is 3.64. The molecule has 72 valence electrons. The summed E-state index contributed by atoms with van der Waals surface area (Å²) in [5.41, 5.74) is 0.234. The van der Waals surface area contributed by atoms with Crippen molar-refractivity contribution in [2.75, 3.05) is 0 Å². The van der Waals surface area contributed by atoms with Crippen LogP contribution in [-0.4, -0.2) is 15.3 Å². The number of carbonyl (C=O) groups excluding carboxylic acids is 1. The van der Waals surface area contributed by atoms with Crippen LogP contribution >= 0.6 is 0 Å². The van der Waals surface area contributed by atoms with Crippen LogP contribution < -0.4 is 0 Å². The van der Waals surface area contributed by atoms with E-state index < -0.39 is 6.43 Å². The first-order valence-electron chi connectivity index (χ1n) is 3.92. The molecule has 13 heavy (non-hydrogen) atoms. The molecule has 1 rings (SSSR count). The molecule has 0 amide bonds. The van der Waals surface area contributed by atoms with E-state index in [-0.39, 0.29) is 17.3 Å². The number of ketones is 1. The van der Waals surface area contributed by atoms with Gasteiger partial charge in [-0.25, -0.2) is 13.8 Å². The minimum Gasteiger partial charge on any atom is -0.321 e. The highest BCUT2D eigenvalue weighted by Gasteiger charge is 2.18. The fraction of sp³-hybridized carbons (Fsp3) is 0.500. The Kier molecular flexibility index (Phi) is 2.75. The van der Waals surface area contributed by atoms with Crippen LogP contribution in [0.4, 0.5) is 8.78 Å². The Morgan fingerprint density at radius 3 is 2.69 bits per heavy atom. The van der Waals surface area contributed by atoms with Gasteiger partial charge in [-0.15, -0.1) is 0 Å². The Hall–Kier alpha value is -1.26. The summed E-state index contributed by atoms with van der Waals surface area (Å²) in [6.07, 6.45) is -1.44. The average molecular weight is 188 g/mol. The zero-order valence-corrected chi connectivity index (χ0v) is 7.42. The van der Waals surface area contributed by atoms with Crippen molar-refractivity contribution < 1.29 is 13.6 Å².